The maximum atomic E-state index is 5.85. The zero-order valence-corrected chi connectivity index (χ0v) is 12.2. The average Bonchev–Trinajstić information content (AvgIpc) is 2.67. The van der Waals surface area contributed by atoms with Crippen molar-refractivity contribution in [2.75, 3.05) is 33.9 Å². The predicted octanol–water partition coefficient (Wildman–Crippen LogP) is 2.48. The van der Waals surface area contributed by atoms with Gasteiger partial charge in [0, 0.05) is 36.2 Å². The Kier molecular flexibility index (Phi) is 6.53. The van der Waals surface area contributed by atoms with Crippen LogP contribution in [0.2, 0.25) is 0 Å². The SMILES string of the molecule is COCCCN(C)C(CN)c1sccc1Br. The molecule has 0 saturated heterocycles. The Balaban J connectivity index is 2.57. The van der Waals surface area contributed by atoms with Crippen LogP contribution in [-0.4, -0.2) is 38.8 Å². The van der Waals surface area contributed by atoms with E-state index in [2.05, 4.69) is 39.3 Å². The highest BCUT2D eigenvalue weighted by Crippen LogP contribution is 2.31. The summed E-state index contributed by atoms with van der Waals surface area (Å²) in [7, 11) is 3.84. The standard InChI is InChI=1S/C11H19BrN2OS/c1-14(5-3-6-15-2)10(8-13)11-9(12)4-7-16-11/h4,7,10H,3,5-6,8,13H2,1-2H3. The van der Waals surface area contributed by atoms with Gasteiger partial charge in [0.2, 0.25) is 0 Å². The summed E-state index contributed by atoms with van der Waals surface area (Å²) in [5, 5.41) is 2.09. The third-order valence-corrected chi connectivity index (χ3v) is 4.53. The van der Waals surface area contributed by atoms with Crippen molar-refractivity contribution in [3.63, 3.8) is 0 Å². The topological polar surface area (TPSA) is 38.5 Å². The molecular weight excluding hydrogens is 288 g/mol. The van der Waals surface area contributed by atoms with Crippen molar-refractivity contribution in [1.82, 2.24) is 4.90 Å². The summed E-state index contributed by atoms with van der Waals surface area (Å²) in [6, 6.07) is 2.37. The van der Waals surface area contributed by atoms with Gasteiger partial charge < -0.3 is 10.5 Å². The van der Waals surface area contributed by atoms with Crippen molar-refractivity contribution < 1.29 is 4.74 Å². The summed E-state index contributed by atoms with van der Waals surface area (Å²) in [4.78, 5) is 3.60. The molecule has 1 unspecified atom stereocenters. The summed E-state index contributed by atoms with van der Waals surface area (Å²) in [5.74, 6) is 0. The molecule has 0 saturated carbocycles. The van der Waals surface area contributed by atoms with Gasteiger partial charge in [-0.3, -0.25) is 4.90 Å². The molecule has 0 aliphatic heterocycles. The third-order valence-electron chi connectivity index (χ3n) is 2.56. The van der Waals surface area contributed by atoms with E-state index in [1.165, 1.54) is 4.88 Å². The van der Waals surface area contributed by atoms with Crippen LogP contribution >= 0.6 is 27.3 Å². The molecule has 5 heteroatoms. The molecule has 0 bridgehead atoms. The first-order valence-corrected chi connectivity index (χ1v) is 7.00. The van der Waals surface area contributed by atoms with Crippen LogP contribution in [0.5, 0.6) is 0 Å². The fraction of sp³-hybridized carbons (Fsp3) is 0.636. The zero-order valence-electron chi connectivity index (χ0n) is 9.78. The predicted molar refractivity (Wildman–Crippen MR) is 72.9 cm³/mol. The van der Waals surface area contributed by atoms with Gasteiger partial charge in [-0.1, -0.05) is 0 Å². The second-order valence-corrected chi connectivity index (χ2v) is 5.51. The Bertz CT molecular complexity index is 306. The number of nitrogens with two attached hydrogens (primary N) is 1. The van der Waals surface area contributed by atoms with Crippen LogP contribution in [0.4, 0.5) is 0 Å². The van der Waals surface area contributed by atoms with E-state index >= 15 is 0 Å². The van der Waals surface area contributed by atoms with E-state index in [9.17, 15) is 0 Å². The molecule has 0 aliphatic rings. The number of rotatable bonds is 7. The molecule has 0 amide bonds. The summed E-state index contributed by atoms with van der Waals surface area (Å²) >= 11 is 5.31. The number of methoxy groups -OCH3 is 1. The average molecular weight is 307 g/mol. The highest BCUT2D eigenvalue weighted by atomic mass is 79.9. The fourth-order valence-electron chi connectivity index (χ4n) is 1.64. The van der Waals surface area contributed by atoms with Gasteiger partial charge in [0.1, 0.15) is 0 Å². The van der Waals surface area contributed by atoms with E-state index in [0.717, 1.165) is 24.0 Å². The molecule has 1 atom stereocenters. The minimum Gasteiger partial charge on any atom is -0.385 e. The van der Waals surface area contributed by atoms with Gasteiger partial charge in [-0.25, -0.2) is 0 Å². The largest absolute Gasteiger partial charge is 0.385 e. The van der Waals surface area contributed by atoms with Gasteiger partial charge in [0.15, 0.2) is 0 Å². The molecule has 1 rings (SSSR count). The number of hydrogen-bond donors (Lipinski definition) is 1. The molecule has 1 heterocycles. The monoisotopic (exact) mass is 306 g/mol. The molecular formula is C11H19BrN2OS. The van der Waals surface area contributed by atoms with Gasteiger partial charge in [0.25, 0.3) is 0 Å². The van der Waals surface area contributed by atoms with Gasteiger partial charge in [-0.15, -0.1) is 11.3 Å². The molecule has 1 aromatic rings. The highest BCUT2D eigenvalue weighted by Gasteiger charge is 2.18. The lowest BCUT2D eigenvalue weighted by atomic mass is 10.2. The highest BCUT2D eigenvalue weighted by molar-refractivity contribution is 9.10. The second-order valence-electron chi connectivity index (χ2n) is 3.71. The van der Waals surface area contributed by atoms with Gasteiger partial charge in [-0.05, 0) is 40.8 Å². The lowest BCUT2D eigenvalue weighted by Gasteiger charge is -2.26. The number of nitrogens with zero attached hydrogens (tertiary/aromatic N) is 1. The Morgan fingerprint density at radius 3 is 2.88 bits per heavy atom. The van der Waals surface area contributed by atoms with Crippen molar-refractivity contribution in [3.05, 3.63) is 20.8 Å². The normalized spacial score (nSPS) is 13.3. The summed E-state index contributed by atoms with van der Waals surface area (Å²) < 4.78 is 6.21. The van der Waals surface area contributed by atoms with Crippen molar-refractivity contribution in [2.24, 2.45) is 5.73 Å². The summed E-state index contributed by atoms with van der Waals surface area (Å²) in [5.41, 5.74) is 5.85. The number of halogens is 1. The number of ether oxygens (including phenoxy) is 1. The maximum absolute atomic E-state index is 5.85. The first-order chi connectivity index (χ1) is 7.70. The number of hydrogen-bond acceptors (Lipinski definition) is 4. The Hall–Kier alpha value is 0.0600. The minimum atomic E-state index is 0.297. The number of thiophene rings is 1. The van der Waals surface area contributed by atoms with Crippen LogP contribution in [0.25, 0.3) is 0 Å². The Labute approximate surface area is 110 Å². The number of likely N-dealkylation sites (N-methyl/N-ethyl adjacent to an activating group) is 1. The zero-order chi connectivity index (χ0) is 12.0. The fourth-order valence-corrected chi connectivity index (χ4v) is 3.46. The van der Waals surface area contributed by atoms with E-state index in [4.69, 9.17) is 10.5 Å². The third kappa shape index (κ3) is 3.82. The Morgan fingerprint density at radius 1 is 1.62 bits per heavy atom. The maximum Gasteiger partial charge on any atom is 0.0573 e. The van der Waals surface area contributed by atoms with E-state index in [1.54, 1.807) is 18.4 Å². The first kappa shape index (κ1) is 14.1. The Morgan fingerprint density at radius 2 is 2.38 bits per heavy atom. The van der Waals surface area contributed by atoms with E-state index in [1.807, 2.05) is 0 Å². The summed E-state index contributed by atoms with van der Waals surface area (Å²) in [6.45, 7) is 2.44. The van der Waals surface area contributed by atoms with Gasteiger partial charge in [0.05, 0.1) is 6.04 Å². The molecule has 0 fully saturated rings. The van der Waals surface area contributed by atoms with E-state index < -0.39 is 0 Å². The van der Waals surface area contributed by atoms with Gasteiger partial charge in [-0.2, -0.15) is 0 Å². The summed E-state index contributed by atoms with van der Waals surface area (Å²) in [6.07, 6.45) is 1.03. The molecule has 2 N–H and O–H groups in total. The smallest absolute Gasteiger partial charge is 0.0573 e. The van der Waals surface area contributed by atoms with Crippen LogP contribution in [0.3, 0.4) is 0 Å². The molecule has 0 aliphatic carbocycles. The van der Waals surface area contributed by atoms with Crippen molar-refractivity contribution in [3.8, 4) is 0 Å². The molecule has 16 heavy (non-hydrogen) atoms. The van der Waals surface area contributed by atoms with Crippen molar-refractivity contribution in [1.29, 1.82) is 0 Å². The van der Waals surface area contributed by atoms with Crippen LogP contribution in [0, 0.1) is 0 Å². The first-order valence-electron chi connectivity index (χ1n) is 5.32. The quantitative estimate of drug-likeness (QED) is 0.787. The van der Waals surface area contributed by atoms with Crippen LogP contribution in [-0.2, 0) is 4.74 Å². The van der Waals surface area contributed by atoms with Crippen molar-refractivity contribution in [2.45, 2.75) is 12.5 Å². The second kappa shape index (κ2) is 7.40. The lowest BCUT2D eigenvalue weighted by molar-refractivity contribution is 0.167. The van der Waals surface area contributed by atoms with Crippen molar-refractivity contribution >= 4 is 27.3 Å². The lowest BCUT2D eigenvalue weighted by Crippen LogP contribution is -2.31. The molecule has 3 nitrogen and oxygen atoms in total. The van der Waals surface area contributed by atoms with Crippen LogP contribution in [0.1, 0.15) is 17.3 Å². The van der Waals surface area contributed by atoms with Crippen LogP contribution in [0.15, 0.2) is 15.9 Å². The molecule has 0 radical (unpaired) electrons. The van der Waals surface area contributed by atoms with Gasteiger partial charge >= 0.3 is 0 Å². The van der Waals surface area contributed by atoms with Crippen LogP contribution < -0.4 is 5.73 Å². The van der Waals surface area contributed by atoms with E-state index in [0.29, 0.717) is 12.6 Å². The molecule has 0 spiro atoms. The molecule has 0 aromatic carbocycles. The minimum absolute atomic E-state index is 0.297. The van der Waals surface area contributed by atoms with E-state index in [-0.39, 0.29) is 0 Å². The molecule has 92 valence electrons. The molecule has 1 aromatic heterocycles.